The highest BCUT2D eigenvalue weighted by atomic mass is 79.9. The molecule has 1 aromatic heterocycles. The van der Waals surface area contributed by atoms with E-state index in [4.69, 9.17) is 9.47 Å². The van der Waals surface area contributed by atoms with Gasteiger partial charge in [-0.05, 0) is 61.4 Å². The molecule has 0 amide bonds. The third kappa shape index (κ3) is 4.97. The normalized spacial score (nSPS) is 11.1. The van der Waals surface area contributed by atoms with Crippen molar-refractivity contribution in [1.29, 1.82) is 5.26 Å². The highest BCUT2D eigenvalue weighted by molar-refractivity contribution is 9.10. The summed E-state index contributed by atoms with van der Waals surface area (Å²) in [6.07, 6.45) is 1.51. The maximum absolute atomic E-state index is 12.7. The zero-order valence-electron chi connectivity index (χ0n) is 16.8. The maximum Gasteiger partial charge on any atom is 0.289 e. The Labute approximate surface area is 183 Å². The molecule has 152 valence electrons. The van der Waals surface area contributed by atoms with E-state index >= 15 is 0 Å². The average Bonchev–Trinajstić information content (AvgIpc) is 3.09. The molecular weight excluding hydrogens is 446 g/mol. The molecule has 30 heavy (non-hydrogen) atoms. The molecule has 0 spiro atoms. The van der Waals surface area contributed by atoms with Crippen LogP contribution in [0.1, 0.15) is 27.3 Å². The van der Waals surface area contributed by atoms with E-state index in [-0.39, 0.29) is 5.57 Å². The van der Waals surface area contributed by atoms with Gasteiger partial charge in [-0.1, -0.05) is 34.1 Å². The van der Waals surface area contributed by atoms with Crippen LogP contribution >= 0.6 is 15.9 Å². The number of hydrogen-bond acceptors (Lipinski definition) is 5. The zero-order valence-corrected chi connectivity index (χ0v) is 18.4. The molecule has 1 heterocycles. The van der Waals surface area contributed by atoms with Gasteiger partial charge in [0.1, 0.15) is 18.2 Å². The van der Waals surface area contributed by atoms with Gasteiger partial charge in [0.05, 0.1) is 12.8 Å². The number of allylic oxidation sites excluding steroid dienone is 1. The van der Waals surface area contributed by atoms with E-state index in [9.17, 15) is 10.1 Å². The number of carbonyl (C=O) groups excluding carboxylic acids is 1. The summed E-state index contributed by atoms with van der Waals surface area (Å²) in [4.78, 5) is 12.7. The van der Waals surface area contributed by atoms with E-state index in [1.165, 1.54) is 10.8 Å². The fraction of sp³-hybridized carbons (Fsp3) is 0.174. The van der Waals surface area contributed by atoms with Crippen LogP contribution in [0.5, 0.6) is 11.5 Å². The van der Waals surface area contributed by atoms with Crippen LogP contribution in [-0.2, 0) is 6.61 Å². The van der Waals surface area contributed by atoms with Gasteiger partial charge >= 0.3 is 0 Å². The van der Waals surface area contributed by atoms with Crippen molar-refractivity contribution >= 4 is 27.9 Å². The molecule has 3 rings (SSSR count). The maximum atomic E-state index is 12.7. The van der Waals surface area contributed by atoms with E-state index in [0.717, 1.165) is 10.0 Å². The van der Waals surface area contributed by atoms with E-state index in [1.54, 1.807) is 45.2 Å². The van der Waals surface area contributed by atoms with Crippen LogP contribution in [0, 0.1) is 25.2 Å². The molecule has 0 saturated heterocycles. The summed E-state index contributed by atoms with van der Waals surface area (Å²) in [5, 5.41) is 13.6. The van der Waals surface area contributed by atoms with Crippen molar-refractivity contribution in [2.45, 2.75) is 20.5 Å². The van der Waals surface area contributed by atoms with Gasteiger partial charge in [0.2, 0.25) is 0 Å². The number of nitriles is 1. The fourth-order valence-corrected chi connectivity index (χ4v) is 3.16. The smallest absolute Gasteiger partial charge is 0.289 e. The number of carbonyl (C=O) groups is 1. The number of hydrogen-bond donors (Lipinski definition) is 0. The van der Waals surface area contributed by atoms with Crippen molar-refractivity contribution in [1.82, 2.24) is 9.78 Å². The predicted octanol–water partition coefficient (Wildman–Crippen LogP) is 5.10. The molecule has 2 aromatic carbocycles. The second kappa shape index (κ2) is 9.42. The number of rotatable bonds is 6. The van der Waals surface area contributed by atoms with Crippen molar-refractivity contribution in [2.75, 3.05) is 7.11 Å². The quantitative estimate of drug-likeness (QED) is 0.373. The number of halogens is 1. The molecular formula is C23H20BrN3O3. The molecule has 6 nitrogen and oxygen atoms in total. The third-order valence-electron chi connectivity index (χ3n) is 4.36. The average molecular weight is 466 g/mol. The highest BCUT2D eigenvalue weighted by Crippen LogP contribution is 2.30. The molecule has 0 atom stereocenters. The SMILES string of the molecule is COc1cc(/C=C(\C#N)C(=O)n2nc(C)cc2C)ccc1OCc1ccc(Br)cc1. The molecule has 0 aliphatic heterocycles. The Balaban J connectivity index is 1.82. The minimum absolute atomic E-state index is 0.0215. The first-order valence-electron chi connectivity index (χ1n) is 9.16. The first-order valence-corrected chi connectivity index (χ1v) is 9.95. The second-order valence-corrected chi connectivity index (χ2v) is 7.55. The van der Waals surface area contributed by atoms with Crippen LogP contribution < -0.4 is 9.47 Å². The lowest BCUT2D eigenvalue weighted by Gasteiger charge is -2.12. The number of aryl methyl sites for hydroxylation is 2. The van der Waals surface area contributed by atoms with Gasteiger partial charge in [-0.25, -0.2) is 4.68 Å². The van der Waals surface area contributed by atoms with Crippen LogP contribution in [0.3, 0.4) is 0 Å². The van der Waals surface area contributed by atoms with Crippen molar-refractivity contribution in [3.63, 3.8) is 0 Å². The van der Waals surface area contributed by atoms with Crippen LogP contribution in [0.2, 0.25) is 0 Å². The molecule has 0 radical (unpaired) electrons. The third-order valence-corrected chi connectivity index (χ3v) is 4.89. The Hall–Kier alpha value is -3.37. The number of aromatic nitrogens is 2. The Bertz CT molecular complexity index is 1140. The van der Waals surface area contributed by atoms with Gasteiger partial charge in [0, 0.05) is 10.2 Å². The minimum atomic E-state index is -0.474. The van der Waals surface area contributed by atoms with Gasteiger partial charge in [0.15, 0.2) is 11.5 Å². The number of ether oxygens (including phenoxy) is 2. The van der Waals surface area contributed by atoms with Crippen LogP contribution in [0.25, 0.3) is 6.08 Å². The fourth-order valence-electron chi connectivity index (χ4n) is 2.89. The monoisotopic (exact) mass is 465 g/mol. The largest absolute Gasteiger partial charge is 0.493 e. The molecule has 3 aromatic rings. The molecule has 0 N–H and O–H groups in total. The number of benzene rings is 2. The molecule has 0 aliphatic carbocycles. The minimum Gasteiger partial charge on any atom is -0.493 e. The molecule has 0 fully saturated rings. The summed E-state index contributed by atoms with van der Waals surface area (Å²) in [6, 6.07) is 16.8. The Morgan fingerprint density at radius 1 is 1.17 bits per heavy atom. The van der Waals surface area contributed by atoms with E-state index in [1.807, 2.05) is 30.3 Å². The van der Waals surface area contributed by atoms with Crippen molar-refractivity contribution in [3.05, 3.63) is 81.1 Å². The van der Waals surface area contributed by atoms with Gasteiger partial charge in [0.25, 0.3) is 5.91 Å². The zero-order chi connectivity index (χ0) is 21.7. The lowest BCUT2D eigenvalue weighted by Crippen LogP contribution is -2.15. The van der Waals surface area contributed by atoms with Crippen molar-refractivity contribution in [2.24, 2.45) is 0 Å². The van der Waals surface area contributed by atoms with Crippen molar-refractivity contribution < 1.29 is 14.3 Å². The second-order valence-electron chi connectivity index (χ2n) is 6.64. The van der Waals surface area contributed by atoms with Crippen LogP contribution in [0.4, 0.5) is 0 Å². The van der Waals surface area contributed by atoms with E-state index < -0.39 is 5.91 Å². The standard InChI is InChI=1S/C23H20BrN3O3/c1-15-10-16(2)27(26-15)23(28)19(13-25)11-18-6-9-21(22(12-18)29-3)30-14-17-4-7-20(24)8-5-17/h4-12H,14H2,1-3H3/b19-11+. The summed E-state index contributed by atoms with van der Waals surface area (Å²) in [6.45, 7) is 3.95. The van der Waals surface area contributed by atoms with Crippen molar-refractivity contribution in [3.8, 4) is 17.6 Å². The lowest BCUT2D eigenvalue weighted by molar-refractivity contribution is 0.0943. The first kappa shape index (κ1) is 21.3. The van der Waals surface area contributed by atoms with Gasteiger partial charge in [-0.3, -0.25) is 4.79 Å². The summed E-state index contributed by atoms with van der Waals surface area (Å²) in [5.74, 6) is 0.607. The van der Waals surface area contributed by atoms with E-state index in [0.29, 0.717) is 35.1 Å². The topological polar surface area (TPSA) is 77.1 Å². The first-order chi connectivity index (χ1) is 14.4. The van der Waals surface area contributed by atoms with Crippen LogP contribution in [0.15, 0.2) is 58.6 Å². The molecule has 0 bridgehead atoms. The summed E-state index contributed by atoms with van der Waals surface area (Å²) >= 11 is 3.41. The number of nitrogens with zero attached hydrogens (tertiary/aromatic N) is 3. The van der Waals surface area contributed by atoms with E-state index in [2.05, 4.69) is 21.0 Å². The Morgan fingerprint density at radius 3 is 2.50 bits per heavy atom. The van der Waals surface area contributed by atoms with Gasteiger partial charge in [-0.15, -0.1) is 0 Å². The lowest BCUT2D eigenvalue weighted by atomic mass is 10.1. The summed E-state index contributed by atoms with van der Waals surface area (Å²) in [5.41, 5.74) is 3.03. The summed E-state index contributed by atoms with van der Waals surface area (Å²) in [7, 11) is 1.54. The Morgan fingerprint density at radius 2 is 1.90 bits per heavy atom. The predicted molar refractivity (Wildman–Crippen MR) is 117 cm³/mol. The highest BCUT2D eigenvalue weighted by Gasteiger charge is 2.16. The molecule has 0 saturated carbocycles. The molecule has 7 heteroatoms. The number of methoxy groups -OCH3 is 1. The molecule has 0 aliphatic rings. The van der Waals surface area contributed by atoms with Gasteiger partial charge in [-0.2, -0.15) is 10.4 Å². The summed E-state index contributed by atoms with van der Waals surface area (Å²) < 4.78 is 13.5. The van der Waals surface area contributed by atoms with Crippen LogP contribution in [-0.4, -0.2) is 22.8 Å². The Kier molecular flexibility index (Phi) is 6.70. The van der Waals surface area contributed by atoms with Gasteiger partial charge < -0.3 is 9.47 Å². The molecule has 0 unspecified atom stereocenters.